The third-order valence-electron chi connectivity index (χ3n) is 2.65. The molecule has 0 heterocycles. The third-order valence-corrected chi connectivity index (χ3v) is 3.81. The number of aliphatic hydroxyl groups excluding tert-OH is 1. The minimum absolute atomic E-state index is 0.0768. The van der Waals surface area contributed by atoms with Gasteiger partial charge in [-0.2, -0.15) is 0 Å². The number of benzene rings is 2. The summed E-state index contributed by atoms with van der Waals surface area (Å²) in [6.45, 7) is 1.68. The Labute approximate surface area is 115 Å². The predicted octanol–water partition coefficient (Wildman–Crippen LogP) is 3.80. The number of nitro groups is 1. The maximum atomic E-state index is 11.0. The lowest BCUT2D eigenvalue weighted by atomic mass is 10.1. The number of nitro benzene ring substituents is 1. The molecule has 0 spiro atoms. The van der Waals surface area contributed by atoms with Crippen molar-refractivity contribution < 1.29 is 10.0 Å². The molecule has 1 N–H and O–H groups in total. The fourth-order valence-corrected chi connectivity index (χ4v) is 2.87. The van der Waals surface area contributed by atoms with Crippen molar-refractivity contribution in [2.24, 2.45) is 0 Å². The average Bonchev–Trinajstić information content (AvgIpc) is 2.39. The van der Waals surface area contributed by atoms with Gasteiger partial charge in [-0.3, -0.25) is 10.1 Å². The molecule has 0 aliphatic rings. The van der Waals surface area contributed by atoms with Crippen molar-refractivity contribution in [3.05, 3.63) is 64.2 Å². The van der Waals surface area contributed by atoms with Crippen molar-refractivity contribution in [1.82, 2.24) is 0 Å². The zero-order valence-corrected chi connectivity index (χ0v) is 11.1. The van der Waals surface area contributed by atoms with Crippen molar-refractivity contribution in [3.63, 3.8) is 0 Å². The predicted molar refractivity (Wildman–Crippen MR) is 74.3 cm³/mol. The van der Waals surface area contributed by atoms with E-state index in [2.05, 4.69) is 0 Å². The minimum Gasteiger partial charge on any atom is -0.389 e. The quantitative estimate of drug-likeness (QED) is 0.681. The molecule has 0 radical (unpaired) electrons. The maximum Gasteiger partial charge on any atom is 0.283 e. The number of hydrogen-bond acceptors (Lipinski definition) is 4. The van der Waals surface area contributed by atoms with Gasteiger partial charge in [-0.05, 0) is 24.6 Å². The summed E-state index contributed by atoms with van der Waals surface area (Å²) >= 11 is 1.30. The molecule has 0 aliphatic heterocycles. The summed E-state index contributed by atoms with van der Waals surface area (Å²) in [7, 11) is 0. The molecule has 0 aromatic heterocycles. The summed E-state index contributed by atoms with van der Waals surface area (Å²) in [6.07, 6.45) is -0.605. The van der Waals surface area contributed by atoms with Crippen molar-refractivity contribution in [1.29, 1.82) is 0 Å². The number of rotatable bonds is 4. The highest BCUT2D eigenvalue weighted by atomic mass is 32.2. The molecule has 0 bridgehead atoms. The van der Waals surface area contributed by atoms with Gasteiger partial charge in [-0.1, -0.05) is 42.1 Å². The molecule has 2 rings (SSSR count). The first-order valence-electron chi connectivity index (χ1n) is 5.78. The summed E-state index contributed by atoms with van der Waals surface area (Å²) in [6, 6.07) is 14.0. The zero-order valence-electron chi connectivity index (χ0n) is 10.3. The average molecular weight is 275 g/mol. The SMILES string of the molecule is C[C@H](O)c1ccccc1Sc1ccccc1[N+](=O)[O-]. The van der Waals surface area contributed by atoms with E-state index in [-0.39, 0.29) is 5.69 Å². The molecule has 2 aromatic carbocycles. The Morgan fingerprint density at radius 2 is 1.68 bits per heavy atom. The van der Waals surface area contributed by atoms with Gasteiger partial charge in [0.15, 0.2) is 0 Å². The van der Waals surface area contributed by atoms with E-state index in [1.807, 2.05) is 24.3 Å². The molecule has 1 atom stereocenters. The van der Waals surface area contributed by atoms with E-state index in [0.29, 0.717) is 4.90 Å². The number of aliphatic hydroxyl groups is 1. The van der Waals surface area contributed by atoms with Gasteiger partial charge in [-0.25, -0.2) is 0 Å². The Hall–Kier alpha value is -1.85. The second kappa shape index (κ2) is 5.86. The molecule has 0 fully saturated rings. The maximum absolute atomic E-state index is 11.0. The molecule has 0 saturated heterocycles. The molecule has 0 aliphatic carbocycles. The van der Waals surface area contributed by atoms with Crippen molar-refractivity contribution in [3.8, 4) is 0 Å². The van der Waals surface area contributed by atoms with Crippen LogP contribution < -0.4 is 0 Å². The first kappa shape index (κ1) is 13.6. The second-order valence-electron chi connectivity index (χ2n) is 4.04. The summed E-state index contributed by atoms with van der Waals surface area (Å²) in [5.41, 5.74) is 0.846. The van der Waals surface area contributed by atoms with Gasteiger partial charge in [-0.15, -0.1) is 0 Å². The molecule has 0 saturated carbocycles. The molecule has 0 amide bonds. The number of para-hydroxylation sites is 1. The van der Waals surface area contributed by atoms with Crippen LogP contribution in [0.25, 0.3) is 0 Å². The lowest BCUT2D eigenvalue weighted by Gasteiger charge is -2.11. The minimum atomic E-state index is -0.605. The Morgan fingerprint density at radius 3 is 2.32 bits per heavy atom. The first-order valence-corrected chi connectivity index (χ1v) is 6.59. The summed E-state index contributed by atoms with van der Waals surface area (Å²) in [5.74, 6) is 0. The summed E-state index contributed by atoms with van der Waals surface area (Å²) in [5, 5.41) is 20.7. The molecule has 0 unspecified atom stereocenters. The fraction of sp³-hybridized carbons (Fsp3) is 0.143. The van der Waals surface area contributed by atoms with Crippen molar-refractivity contribution >= 4 is 17.4 Å². The number of nitrogens with zero attached hydrogens (tertiary/aromatic N) is 1. The summed E-state index contributed by atoms with van der Waals surface area (Å²) < 4.78 is 0. The van der Waals surface area contributed by atoms with Gasteiger partial charge in [0.1, 0.15) is 0 Å². The zero-order chi connectivity index (χ0) is 13.8. The van der Waals surface area contributed by atoms with Crippen LogP contribution in [0.2, 0.25) is 0 Å². The molecule has 4 nitrogen and oxygen atoms in total. The van der Waals surface area contributed by atoms with E-state index < -0.39 is 11.0 Å². The Kier molecular flexibility index (Phi) is 4.19. The third kappa shape index (κ3) is 3.13. The highest BCUT2D eigenvalue weighted by Gasteiger charge is 2.16. The van der Waals surface area contributed by atoms with Crippen LogP contribution in [0, 0.1) is 10.1 Å². The van der Waals surface area contributed by atoms with Gasteiger partial charge in [0.2, 0.25) is 0 Å². The molecule has 98 valence electrons. The smallest absolute Gasteiger partial charge is 0.283 e. The van der Waals surface area contributed by atoms with Crippen LogP contribution in [0.4, 0.5) is 5.69 Å². The highest BCUT2D eigenvalue weighted by molar-refractivity contribution is 7.99. The van der Waals surface area contributed by atoms with Crippen LogP contribution >= 0.6 is 11.8 Å². The van der Waals surface area contributed by atoms with E-state index in [4.69, 9.17) is 0 Å². The van der Waals surface area contributed by atoms with E-state index in [1.165, 1.54) is 17.8 Å². The Balaban J connectivity index is 2.39. The van der Waals surface area contributed by atoms with E-state index in [1.54, 1.807) is 25.1 Å². The normalized spacial score (nSPS) is 12.1. The summed E-state index contributed by atoms with van der Waals surface area (Å²) in [4.78, 5) is 12.0. The standard InChI is InChI=1S/C14H13NO3S/c1-10(16)11-6-2-4-8-13(11)19-14-9-5-3-7-12(14)15(17)18/h2-10,16H,1H3/t10-/m0/s1. The van der Waals surface area contributed by atoms with Gasteiger partial charge in [0.05, 0.1) is 15.9 Å². The van der Waals surface area contributed by atoms with Crippen LogP contribution in [0.1, 0.15) is 18.6 Å². The van der Waals surface area contributed by atoms with Crippen molar-refractivity contribution in [2.45, 2.75) is 22.8 Å². The highest BCUT2D eigenvalue weighted by Crippen LogP contribution is 2.37. The van der Waals surface area contributed by atoms with E-state index >= 15 is 0 Å². The second-order valence-corrected chi connectivity index (χ2v) is 5.12. The van der Waals surface area contributed by atoms with Gasteiger partial charge in [0, 0.05) is 11.0 Å². The molecule has 2 aromatic rings. The van der Waals surface area contributed by atoms with E-state index in [9.17, 15) is 15.2 Å². The monoisotopic (exact) mass is 275 g/mol. The van der Waals surface area contributed by atoms with Gasteiger partial charge < -0.3 is 5.11 Å². The van der Waals surface area contributed by atoms with Gasteiger partial charge >= 0.3 is 0 Å². The Morgan fingerprint density at radius 1 is 1.11 bits per heavy atom. The van der Waals surface area contributed by atoms with Gasteiger partial charge in [0.25, 0.3) is 5.69 Å². The van der Waals surface area contributed by atoms with Crippen LogP contribution in [0.15, 0.2) is 58.3 Å². The van der Waals surface area contributed by atoms with E-state index in [0.717, 1.165) is 10.5 Å². The molecular weight excluding hydrogens is 262 g/mol. The van der Waals surface area contributed by atoms with Crippen LogP contribution in [-0.4, -0.2) is 10.0 Å². The topological polar surface area (TPSA) is 63.4 Å². The Bertz CT molecular complexity index is 599. The molecule has 19 heavy (non-hydrogen) atoms. The molecular formula is C14H13NO3S. The van der Waals surface area contributed by atoms with Crippen LogP contribution in [0.5, 0.6) is 0 Å². The first-order chi connectivity index (χ1) is 9.09. The largest absolute Gasteiger partial charge is 0.389 e. The lowest BCUT2D eigenvalue weighted by Crippen LogP contribution is -1.94. The molecule has 5 heteroatoms. The lowest BCUT2D eigenvalue weighted by molar-refractivity contribution is -0.387. The fourth-order valence-electron chi connectivity index (χ4n) is 1.73. The van der Waals surface area contributed by atoms with Crippen LogP contribution in [-0.2, 0) is 0 Å². The van der Waals surface area contributed by atoms with Crippen LogP contribution in [0.3, 0.4) is 0 Å². The number of hydrogen-bond donors (Lipinski definition) is 1. The van der Waals surface area contributed by atoms with Crippen molar-refractivity contribution in [2.75, 3.05) is 0 Å².